The lowest BCUT2D eigenvalue weighted by Crippen LogP contribution is -2.09. The lowest BCUT2D eigenvalue weighted by molar-refractivity contribution is 1.27. The highest BCUT2D eigenvalue weighted by atomic mass is 15.1. The Morgan fingerprint density at radius 1 is 0.700 bits per heavy atom. The molecule has 0 amide bonds. The fourth-order valence-corrected chi connectivity index (χ4v) is 2.22. The molecule has 0 spiro atoms. The van der Waals surface area contributed by atoms with Crippen molar-refractivity contribution in [3.63, 3.8) is 0 Å². The summed E-state index contributed by atoms with van der Waals surface area (Å²) in [6.07, 6.45) is 0. The van der Waals surface area contributed by atoms with Crippen LogP contribution in [0.25, 0.3) is 0 Å². The van der Waals surface area contributed by atoms with Crippen LogP contribution in [0, 0.1) is 13.0 Å². The van der Waals surface area contributed by atoms with Gasteiger partial charge in [-0.1, -0.05) is 54.1 Å². The Morgan fingerprint density at radius 3 is 2.00 bits per heavy atom. The van der Waals surface area contributed by atoms with E-state index in [1.807, 2.05) is 24.3 Å². The van der Waals surface area contributed by atoms with Gasteiger partial charge in [0.1, 0.15) is 0 Å². The first-order valence-electron chi connectivity index (χ1n) is 6.73. The van der Waals surface area contributed by atoms with E-state index in [4.69, 9.17) is 0 Å². The summed E-state index contributed by atoms with van der Waals surface area (Å²) in [5.41, 5.74) is 4.59. The minimum Gasteiger partial charge on any atom is -0.310 e. The van der Waals surface area contributed by atoms with E-state index in [1.165, 1.54) is 5.56 Å². The first-order chi connectivity index (χ1) is 9.84. The fraction of sp³-hybridized carbons (Fsp3) is 0.0526. The monoisotopic (exact) mass is 258 g/mol. The lowest BCUT2D eigenvalue weighted by atomic mass is 10.1. The molecule has 3 aromatic rings. The molecule has 0 aliphatic carbocycles. The van der Waals surface area contributed by atoms with Gasteiger partial charge in [-0.2, -0.15) is 0 Å². The highest BCUT2D eigenvalue weighted by Crippen LogP contribution is 2.33. The standard InChI is InChI=1S/C19H16N/c1-16-12-14-19(15-13-16)20(17-8-4-2-5-9-17)18-10-6-3-7-11-18/h2-10,12-15H,1H3. The molecule has 0 aliphatic heterocycles. The average molecular weight is 258 g/mol. The molecule has 1 radical (unpaired) electrons. The van der Waals surface area contributed by atoms with Gasteiger partial charge in [-0.25, -0.2) is 0 Å². The zero-order valence-corrected chi connectivity index (χ0v) is 11.5. The molecule has 20 heavy (non-hydrogen) atoms. The van der Waals surface area contributed by atoms with Crippen molar-refractivity contribution in [2.75, 3.05) is 4.90 Å². The predicted octanol–water partition coefficient (Wildman–Crippen LogP) is 5.27. The Morgan fingerprint density at radius 2 is 1.35 bits per heavy atom. The smallest absolute Gasteiger partial charge is 0.0540 e. The molecule has 0 saturated carbocycles. The van der Waals surface area contributed by atoms with Crippen molar-refractivity contribution in [1.82, 2.24) is 0 Å². The number of hydrogen-bond donors (Lipinski definition) is 0. The van der Waals surface area contributed by atoms with E-state index in [0.29, 0.717) is 0 Å². The molecule has 0 saturated heterocycles. The molecule has 0 aliphatic rings. The molecule has 0 aromatic heterocycles. The zero-order valence-electron chi connectivity index (χ0n) is 11.5. The van der Waals surface area contributed by atoms with Crippen LogP contribution in [0.4, 0.5) is 17.1 Å². The molecule has 3 aromatic carbocycles. The molecule has 0 fully saturated rings. The SMILES string of the molecule is Cc1ccc(N(c2[c]cccc2)c2ccccc2)cc1. The van der Waals surface area contributed by atoms with E-state index in [1.54, 1.807) is 0 Å². The summed E-state index contributed by atoms with van der Waals surface area (Å²) in [5, 5.41) is 0. The molecule has 0 unspecified atom stereocenters. The summed E-state index contributed by atoms with van der Waals surface area (Å²) < 4.78 is 0. The highest BCUT2D eigenvalue weighted by molar-refractivity contribution is 5.75. The van der Waals surface area contributed by atoms with Crippen LogP contribution < -0.4 is 4.90 Å². The number of hydrogen-bond acceptors (Lipinski definition) is 1. The molecule has 0 atom stereocenters. The molecule has 0 N–H and O–H groups in total. The van der Waals surface area contributed by atoms with Gasteiger partial charge >= 0.3 is 0 Å². The number of nitrogens with zero attached hydrogens (tertiary/aromatic N) is 1. The van der Waals surface area contributed by atoms with E-state index < -0.39 is 0 Å². The van der Waals surface area contributed by atoms with Gasteiger partial charge in [-0.3, -0.25) is 0 Å². The third-order valence-electron chi connectivity index (χ3n) is 3.24. The second-order valence-electron chi connectivity index (χ2n) is 4.75. The van der Waals surface area contributed by atoms with Gasteiger partial charge in [0, 0.05) is 17.4 Å². The Labute approximate surface area is 120 Å². The van der Waals surface area contributed by atoms with Crippen LogP contribution in [-0.2, 0) is 0 Å². The van der Waals surface area contributed by atoms with Gasteiger partial charge in [-0.15, -0.1) is 0 Å². The summed E-state index contributed by atoms with van der Waals surface area (Å²) in [6, 6.07) is 30.3. The molecule has 0 heterocycles. The Hall–Kier alpha value is -2.54. The Kier molecular flexibility index (Phi) is 3.51. The van der Waals surface area contributed by atoms with Crippen LogP contribution >= 0.6 is 0 Å². The van der Waals surface area contributed by atoms with Crippen LogP contribution in [-0.4, -0.2) is 0 Å². The third kappa shape index (κ3) is 2.57. The first-order valence-corrected chi connectivity index (χ1v) is 6.73. The van der Waals surface area contributed by atoms with Crippen molar-refractivity contribution in [2.45, 2.75) is 6.92 Å². The first kappa shape index (κ1) is 12.5. The summed E-state index contributed by atoms with van der Waals surface area (Å²) >= 11 is 0. The van der Waals surface area contributed by atoms with E-state index in [2.05, 4.69) is 72.5 Å². The lowest BCUT2D eigenvalue weighted by Gasteiger charge is -2.25. The minimum atomic E-state index is 1.04. The predicted molar refractivity (Wildman–Crippen MR) is 84.7 cm³/mol. The van der Waals surface area contributed by atoms with Crippen molar-refractivity contribution < 1.29 is 0 Å². The second-order valence-corrected chi connectivity index (χ2v) is 4.75. The molecule has 0 bridgehead atoms. The highest BCUT2D eigenvalue weighted by Gasteiger charge is 2.11. The largest absolute Gasteiger partial charge is 0.310 e. The van der Waals surface area contributed by atoms with E-state index in [9.17, 15) is 0 Å². The number of aryl methyl sites for hydroxylation is 1. The van der Waals surface area contributed by atoms with Gasteiger partial charge < -0.3 is 4.90 Å². The van der Waals surface area contributed by atoms with Gasteiger partial charge in [0.05, 0.1) is 5.69 Å². The maximum Gasteiger partial charge on any atom is 0.0540 e. The Bertz CT molecular complexity index is 618. The molecular formula is C19H16N. The van der Waals surface area contributed by atoms with E-state index in [0.717, 1.165) is 17.1 Å². The summed E-state index contributed by atoms with van der Waals surface area (Å²) in [4.78, 5) is 2.21. The van der Waals surface area contributed by atoms with Crippen LogP contribution in [0.2, 0.25) is 0 Å². The van der Waals surface area contributed by atoms with Crippen LogP contribution in [0.15, 0.2) is 78.9 Å². The van der Waals surface area contributed by atoms with E-state index >= 15 is 0 Å². The quantitative estimate of drug-likeness (QED) is 0.619. The third-order valence-corrected chi connectivity index (χ3v) is 3.24. The average Bonchev–Trinajstić information content (AvgIpc) is 2.52. The van der Waals surface area contributed by atoms with Crippen molar-refractivity contribution in [1.29, 1.82) is 0 Å². The van der Waals surface area contributed by atoms with Gasteiger partial charge in [0.2, 0.25) is 0 Å². The molecule has 1 heteroatoms. The number of para-hydroxylation sites is 2. The molecule has 3 rings (SSSR count). The maximum atomic E-state index is 3.31. The molecule has 97 valence electrons. The van der Waals surface area contributed by atoms with Crippen LogP contribution in [0.5, 0.6) is 0 Å². The van der Waals surface area contributed by atoms with Crippen molar-refractivity contribution in [3.05, 3.63) is 90.5 Å². The number of benzene rings is 3. The number of anilines is 3. The number of rotatable bonds is 3. The maximum absolute atomic E-state index is 3.31. The van der Waals surface area contributed by atoms with Crippen molar-refractivity contribution in [3.8, 4) is 0 Å². The van der Waals surface area contributed by atoms with Gasteiger partial charge in [0.15, 0.2) is 0 Å². The minimum absolute atomic E-state index is 1.04. The van der Waals surface area contributed by atoms with Crippen molar-refractivity contribution in [2.24, 2.45) is 0 Å². The second kappa shape index (κ2) is 5.62. The van der Waals surface area contributed by atoms with Crippen LogP contribution in [0.3, 0.4) is 0 Å². The summed E-state index contributed by atoms with van der Waals surface area (Å²) in [7, 11) is 0. The van der Waals surface area contributed by atoms with Crippen molar-refractivity contribution >= 4 is 17.1 Å². The van der Waals surface area contributed by atoms with Gasteiger partial charge in [0.25, 0.3) is 0 Å². The summed E-state index contributed by atoms with van der Waals surface area (Å²) in [5.74, 6) is 0. The topological polar surface area (TPSA) is 3.24 Å². The van der Waals surface area contributed by atoms with Crippen LogP contribution in [0.1, 0.15) is 5.56 Å². The normalized spacial score (nSPS) is 10.2. The Balaban J connectivity index is 2.11. The zero-order chi connectivity index (χ0) is 13.8. The molecular weight excluding hydrogens is 242 g/mol. The van der Waals surface area contributed by atoms with Gasteiger partial charge in [-0.05, 0) is 37.3 Å². The fourth-order valence-electron chi connectivity index (χ4n) is 2.22. The summed E-state index contributed by atoms with van der Waals surface area (Å²) in [6.45, 7) is 2.10. The molecule has 1 nitrogen and oxygen atoms in total. The van der Waals surface area contributed by atoms with E-state index in [-0.39, 0.29) is 0 Å².